The summed E-state index contributed by atoms with van der Waals surface area (Å²) in [7, 11) is 0. The van der Waals surface area contributed by atoms with E-state index in [1.165, 1.54) is 0 Å². The van der Waals surface area contributed by atoms with Crippen LogP contribution in [0, 0.1) is 0 Å². The first kappa shape index (κ1) is 17.2. The lowest BCUT2D eigenvalue weighted by Crippen LogP contribution is -2.21. The molecule has 2 rings (SSSR count). The Morgan fingerprint density at radius 3 is 2.09 bits per heavy atom. The Morgan fingerprint density at radius 2 is 1.52 bits per heavy atom. The van der Waals surface area contributed by atoms with Crippen molar-refractivity contribution >= 4 is 17.6 Å². The van der Waals surface area contributed by atoms with Crippen LogP contribution in [0.15, 0.2) is 48.5 Å². The van der Waals surface area contributed by atoms with Crippen molar-refractivity contribution in [1.29, 1.82) is 0 Å². The van der Waals surface area contributed by atoms with Crippen molar-refractivity contribution in [2.45, 2.75) is 26.4 Å². The van der Waals surface area contributed by atoms with E-state index in [9.17, 15) is 4.79 Å². The number of benzene rings is 2. The van der Waals surface area contributed by atoms with Gasteiger partial charge in [0.1, 0.15) is 30.0 Å². The van der Waals surface area contributed by atoms with Crippen LogP contribution in [0.4, 0.5) is 0 Å². The molecule has 2 aromatic carbocycles. The molecule has 0 aliphatic heterocycles. The molecule has 0 saturated carbocycles. The maximum atomic E-state index is 11.1. The van der Waals surface area contributed by atoms with Gasteiger partial charge in [-0.2, -0.15) is 0 Å². The minimum atomic E-state index is -0.229. The van der Waals surface area contributed by atoms with Gasteiger partial charge in [0, 0.05) is 11.4 Å². The zero-order valence-corrected chi connectivity index (χ0v) is 13.9. The van der Waals surface area contributed by atoms with Crippen LogP contribution in [-0.4, -0.2) is 18.7 Å². The first-order valence-electron chi connectivity index (χ1n) is 7.42. The summed E-state index contributed by atoms with van der Waals surface area (Å²) in [5, 5.41) is 0.666. The molecule has 0 fully saturated rings. The Morgan fingerprint density at radius 1 is 1.00 bits per heavy atom. The zero-order valence-electron chi connectivity index (χ0n) is 13.1. The Labute approximate surface area is 140 Å². The van der Waals surface area contributed by atoms with Gasteiger partial charge in [0.2, 0.25) is 0 Å². The second kappa shape index (κ2) is 8.44. The van der Waals surface area contributed by atoms with E-state index < -0.39 is 0 Å². The Hall–Kier alpha value is -2.20. The van der Waals surface area contributed by atoms with Gasteiger partial charge in [0.25, 0.3) is 0 Å². The summed E-state index contributed by atoms with van der Waals surface area (Å²) in [4.78, 5) is 11.1. The average molecular weight is 335 g/mol. The molecule has 0 aliphatic carbocycles. The summed E-state index contributed by atoms with van der Waals surface area (Å²) in [6, 6.07) is 14.4. The van der Waals surface area contributed by atoms with Gasteiger partial charge in [0.05, 0.1) is 0 Å². The summed E-state index contributed by atoms with van der Waals surface area (Å²) in [6.45, 7) is 3.84. The standard InChI is InChI=1S/C18H19ClO4/c1-3-18(20)21-12-13(2)22-15-8-10-17(11-9-15)23-16-6-4-14(19)5-7-16/h4-11,13H,3,12H2,1-2H3. The van der Waals surface area contributed by atoms with Gasteiger partial charge in [-0.05, 0) is 55.5 Å². The lowest BCUT2D eigenvalue weighted by Gasteiger charge is -2.15. The molecule has 1 unspecified atom stereocenters. The van der Waals surface area contributed by atoms with E-state index in [0.717, 1.165) is 0 Å². The molecule has 0 aromatic heterocycles. The molecule has 0 heterocycles. The van der Waals surface area contributed by atoms with Gasteiger partial charge in [-0.25, -0.2) is 0 Å². The predicted octanol–water partition coefficient (Wildman–Crippen LogP) is 4.85. The highest BCUT2D eigenvalue weighted by molar-refractivity contribution is 6.30. The highest BCUT2D eigenvalue weighted by Crippen LogP contribution is 2.25. The molecule has 0 aliphatic rings. The van der Waals surface area contributed by atoms with Crippen LogP contribution in [0.25, 0.3) is 0 Å². The quantitative estimate of drug-likeness (QED) is 0.679. The monoisotopic (exact) mass is 334 g/mol. The van der Waals surface area contributed by atoms with Gasteiger partial charge in [-0.1, -0.05) is 18.5 Å². The predicted molar refractivity (Wildman–Crippen MR) is 89.3 cm³/mol. The zero-order chi connectivity index (χ0) is 16.7. The fraction of sp³-hybridized carbons (Fsp3) is 0.278. The molecule has 0 saturated heterocycles. The summed E-state index contributed by atoms with van der Waals surface area (Å²) in [5.74, 6) is 1.87. The molecule has 0 bridgehead atoms. The van der Waals surface area contributed by atoms with Gasteiger partial charge >= 0.3 is 5.97 Å². The van der Waals surface area contributed by atoms with Crippen molar-refractivity contribution in [3.63, 3.8) is 0 Å². The normalized spacial score (nSPS) is 11.6. The number of halogens is 1. The summed E-state index contributed by atoms with van der Waals surface area (Å²) in [6.07, 6.45) is 0.150. The van der Waals surface area contributed by atoms with E-state index in [2.05, 4.69) is 0 Å². The highest BCUT2D eigenvalue weighted by atomic mass is 35.5. The topological polar surface area (TPSA) is 44.8 Å². The molecule has 122 valence electrons. The van der Waals surface area contributed by atoms with E-state index in [0.29, 0.717) is 28.7 Å². The SMILES string of the molecule is CCC(=O)OCC(C)Oc1ccc(Oc2ccc(Cl)cc2)cc1. The number of hydrogen-bond donors (Lipinski definition) is 0. The van der Waals surface area contributed by atoms with Crippen LogP contribution >= 0.6 is 11.6 Å². The fourth-order valence-corrected chi connectivity index (χ4v) is 1.93. The van der Waals surface area contributed by atoms with E-state index in [1.54, 1.807) is 31.2 Å². The molecule has 0 amide bonds. The van der Waals surface area contributed by atoms with Crippen molar-refractivity contribution in [3.8, 4) is 17.2 Å². The second-order valence-corrected chi connectivity index (χ2v) is 5.43. The molecule has 2 aromatic rings. The molecule has 5 heteroatoms. The molecule has 1 atom stereocenters. The number of esters is 1. The van der Waals surface area contributed by atoms with Crippen LogP contribution in [0.5, 0.6) is 17.2 Å². The van der Waals surface area contributed by atoms with Crippen molar-refractivity contribution in [2.75, 3.05) is 6.61 Å². The number of rotatable bonds is 7. The van der Waals surface area contributed by atoms with Crippen LogP contribution < -0.4 is 9.47 Å². The Bertz CT molecular complexity index is 622. The van der Waals surface area contributed by atoms with Crippen LogP contribution in [-0.2, 0) is 9.53 Å². The largest absolute Gasteiger partial charge is 0.487 e. The molecule has 0 N–H and O–H groups in total. The van der Waals surface area contributed by atoms with E-state index in [1.807, 2.05) is 31.2 Å². The average Bonchev–Trinajstić information content (AvgIpc) is 2.56. The van der Waals surface area contributed by atoms with Gasteiger partial charge < -0.3 is 14.2 Å². The van der Waals surface area contributed by atoms with Crippen molar-refractivity contribution < 1.29 is 19.0 Å². The lowest BCUT2D eigenvalue weighted by molar-refractivity contribution is -0.145. The van der Waals surface area contributed by atoms with E-state index in [-0.39, 0.29) is 18.7 Å². The minimum Gasteiger partial charge on any atom is -0.487 e. The first-order chi connectivity index (χ1) is 11.1. The fourth-order valence-electron chi connectivity index (χ4n) is 1.80. The summed E-state index contributed by atoms with van der Waals surface area (Å²) >= 11 is 5.83. The number of carbonyl (C=O) groups is 1. The van der Waals surface area contributed by atoms with Crippen molar-refractivity contribution in [2.24, 2.45) is 0 Å². The van der Waals surface area contributed by atoms with Gasteiger partial charge in [-0.3, -0.25) is 4.79 Å². The highest BCUT2D eigenvalue weighted by Gasteiger charge is 2.07. The molecule has 0 radical (unpaired) electrons. The van der Waals surface area contributed by atoms with Crippen LogP contribution in [0.1, 0.15) is 20.3 Å². The Balaban J connectivity index is 1.86. The van der Waals surface area contributed by atoms with Gasteiger partial charge in [0.15, 0.2) is 0 Å². The third-order valence-corrected chi connectivity index (χ3v) is 3.23. The maximum absolute atomic E-state index is 11.1. The minimum absolute atomic E-state index is 0.214. The van der Waals surface area contributed by atoms with Crippen molar-refractivity contribution in [1.82, 2.24) is 0 Å². The third kappa shape index (κ3) is 5.83. The number of hydrogen-bond acceptors (Lipinski definition) is 4. The number of carbonyl (C=O) groups excluding carboxylic acids is 1. The smallest absolute Gasteiger partial charge is 0.305 e. The van der Waals surface area contributed by atoms with Crippen molar-refractivity contribution in [3.05, 3.63) is 53.6 Å². The Kier molecular flexibility index (Phi) is 6.29. The molecular formula is C18H19ClO4. The number of ether oxygens (including phenoxy) is 3. The summed E-state index contributed by atoms with van der Waals surface area (Å²) < 4.78 is 16.4. The third-order valence-electron chi connectivity index (χ3n) is 2.98. The molecule has 0 spiro atoms. The second-order valence-electron chi connectivity index (χ2n) is 4.99. The van der Waals surface area contributed by atoms with Crippen LogP contribution in [0.3, 0.4) is 0 Å². The maximum Gasteiger partial charge on any atom is 0.305 e. The molecular weight excluding hydrogens is 316 g/mol. The molecule has 23 heavy (non-hydrogen) atoms. The van der Waals surface area contributed by atoms with Gasteiger partial charge in [-0.15, -0.1) is 0 Å². The van der Waals surface area contributed by atoms with E-state index in [4.69, 9.17) is 25.8 Å². The summed E-state index contributed by atoms with van der Waals surface area (Å²) in [5.41, 5.74) is 0. The van der Waals surface area contributed by atoms with Crippen LogP contribution in [0.2, 0.25) is 5.02 Å². The molecule has 4 nitrogen and oxygen atoms in total. The first-order valence-corrected chi connectivity index (χ1v) is 7.80. The lowest BCUT2D eigenvalue weighted by atomic mass is 10.3. The van der Waals surface area contributed by atoms with E-state index >= 15 is 0 Å².